The Morgan fingerprint density at radius 3 is 2.46 bits per heavy atom. The van der Waals surface area contributed by atoms with E-state index in [4.69, 9.17) is 4.42 Å². The van der Waals surface area contributed by atoms with Gasteiger partial charge in [0.05, 0.1) is 12.1 Å². The second kappa shape index (κ2) is 8.29. The van der Waals surface area contributed by atoms with Crippen LogP contribution in [0.2, 0.25) is 0 Å². The van der Waals surface area contributed by atoms with Gasteiger partial charge in [0.2, 0.25) is 17.7 Å². The average molecular weight is 329 g/mol. The molecule has 0 radical (unpaired) electrons. The molecule has 1 heterocycles. The van der Waals surface area contributed by atoms with E-state index in [1.54, 1.807) is 6.92 Å². The summed E-state index contributed by atoms with van der Waals surface area (Å²) in [6, 6.07) is 9.56. The lowest BCUT2D eigenvalue weighted by molar-refractivity contribution is -0.124. The summed E-state index contributed by atoms with van der Waals surface area (Å²) < 4.78 is 5.64. The van der Waals surface area contributed by atoms with Crippen LogP contribution in [-0.2, 0) is 16.0 Å². The smallest absolute Gasteiger partial charge is 0.226 e. The Morgan fingerprint density at radius 2 is 1.79 bits per heavy atom. The third kappa shape index (κ3) is 4.94. The summed E-state index contributed by atoms with van der Waals surface area (Å²) in [5, 5.41) is 5.52. The maximum absolute atomic E-state index is 12.0. The minimum Gasteiger partial charge on any atom is -0.441 e. The van der Waals surface area contributed by atoms with Gasteiger partial charge in [-0.3, -0.25) is 9.59 Å². The minimum absolute atomic E-state index is 0.0240. The van der Waals surface area contributed by atoms with Crippen LogP contribution in [0.25, 0.3) is 11.5 Å². The van der Waals surface area contributed by atoms with Crippen molar-refractivity contribution < 1.29 is 14.0 Å². The molecule has 0 aliphatic carbocycles. The standard InChI is InChI=1S/C18H23N3O3/c1-12(2)17(23)20-10-9-19-16(22)11-15-13(3)24-18(21-15)14-7-5-4-6-8-14/h4-8,12H,9-11H2,1-3H3,(H,19,22)(H,20,23). The third-order valence-corrected chi connectivity index (χ3v) is 3.51. The van der Waals surface area contributed by atoms with E-state index >= 15 is 0 Å². The van der Waals surface area contributed by atoms with Crippen molar-refractivity contribution in [3.05, 3.63) is 41.8 Å². The van der Waals surface area contributed by atoms with Crippen molar-refractivity contribution in [2.24, 2.45) is 5.92 Å². The van der Waals surface area contributed by atoms with Crippen molar-refractivity contribution in [2.75, 3.05) is 13.1 Å². The Kier molecular flexibility index (Phi) is 6.12. The molecule has 128 valence electrons. The number of benzene rings is 1. The molecule has 1 aromatic carbocycles. The van der Waals surface area contributed by atoms with Crippen molar-refractivity contribution in [3.63, 3.8) is 0 Å². The van der Waals surface area contributed by atoms with Gasteiger partial charge < -0.3 is 15.1 Å². The van der Waals surface area contributed by atoms with E-state index in [0.29, 0.717) is 30.4 Å². The second-order valence-corrected chi connectivity index (χ2v) is 5.86. The molecule has 0 atom stereocenters. The van der Waals surface area contributed by atoms with Gasteiger partial charge in [-0.1, -0.05) is 32.0 Å². The Morgan fingerprint density at radius 1 is 1.12 bits per heavy atom. The third-order valence-electron chi connectivity index (χ3n) is 3.51. The molecule has 6 heteroatoms. The number of carbonyl (C=O) groups is 2. The van der Waals surface area contributed by atoms with Crippen molar-refractivity contribution in [1.29, 1.82) is 0 Å². The highest BCUT2D eigenvalue weighted by atomic mass is 16.4. The first-order valence-electron chi connectivity index (χ1n) is 8.03. The Balaban J connectivity index is 1.84. The quantitative estimate of drug-likeness (QED) is 0.762. The summed E-state index contributed by atoms with van der Waals surface area (Å²) in [6.07, 6.45) is 0.153. The maximum atomic E-state index is 12.0. The first-order valence-corrected chi connectivity index (χ1v) is 8.03. The molecule has 2 rings (SSSR count). The van der Waals surface area contributed by atoms with Crippen molar-refractivity contribution >= 4 is 11.8 Å². The van der Waals surface area contributed by atoms with E-state index in [0.717, 1.165) is 5.56 Å². The number of rotatable bonds is 7. The first-order chi connectivity index (χ1) is 11.5. The van der Waals surface area contributed by atoms with Gasteiger partial charge in [0.1, 0.15) is 5.76 Å². The molecule has 0 fully saturated rings. The van der Waals surface area contributed by atoms with E-state index in [9.17, 15) is 9.59 Å². The fourth-order valence-electron chi connectivity index (χ4n) is 2.10. The van der Waals surface area contributed by atoms with Gasteiger partial charge in [-0.25, -0.2) is 4.98 Å². The van der Waals surface area contributed by atoms with Gasteiger partial charge >= 0.3 is 0 Å². The molecule has 2 aromatic rings. The summed E-state index contributed by atoms with van der Waals surface area (Å²) in [6.45, 7) is 6.25. The Hall–Kier alpha value is -2.63. The zero-order chi connectivity index (χ0) is 17.5. The van der Waals surface area contributed by atoms with Gasteiger partial charge in [-0.05, 0) is 19.1 Å². The molecule has 1 aromatic heterocycles. The van der Waals surface area contributed by atoms with Crippen LogP contribution < -0.4 is 10.6 Å². The predicted octanol–water partition coefficient (Wildman–Crippen LogP) is 2.08. The molecule has 0 bridgehead atoms. The van der Waals surface area contributed by atoms with E-state index in [1.807, 2.05) is 44.2 Å². The van der Waals surface area contributed by atoms with Crippen molar-refractivity contribution in [3.8, 4) is 11.5 Å². The molecule has 0 unspecified atom stereocenters. The van der Waals surface area contributed by atoms with Gasteiger partial charge in [0.25, 0.3) is 0 Å². The van der Waals surface area contributed by atoms with Crippen LogP contribution in [-0.4, -0.2) is 29.9 Å². The number of hydrogen-bond acceptors (Lipinski definition) is 4. The van der Waals surface area contributed by atoms with Crippen molar-refractivity contribution in [2.45, 2.75) is 27.2 Å². The minimum atomic E-state index is -0.148. The highest BCUT2D eigenvalue weighted by Gasteiger charge is 2.14. The predicted molar refractivity (Wildman–Crippen MR) is 91.2 cm³/mol. The molecule has 0 aliphatic rings. The van der Waals surface area contributed by atoms with Crippen LogP contribution >= 0.6 is 0 Å². The molecule has 2 amide bonds. The van der Waals surface area contributed by atoms with Crippen LogP contribution in [0.3, 0.4) is 0 Å². The van der Waals surface area contributed by atoms with Crippen LogP contribution in [0, 0.1) is 12.8 Å². The summed E-state index contributed by atoms with van der Waals surface area (Å²) in [4.78, 5) is 27.8. The fraction of sp³-hybridized carbons (Fsp3) is 0.389. The highest BCUT2D eigenvalue weighted by molar-refractivity contribution is 5.79. The normalized spacial score (nSPS) is 10.7. The topological polar surface area (TPSA) is 84.2 Å². The molecule has 0 saturated heterocycles. The lowest BCUT2D eigenvalue weighted by atomic mass is 10.2. The van der Waals surface area contributed by atoms with E-state index < -0.39 is 0 Å². The van der Waals surface area contributed by atoms with Crippen LogP contribution in [0.15, 0.2) is 34.7 Å². The van der Waals surface area contributed by atoms with Crippen molar-refractivity contribution in [1.82, 2.24) is 15.6 Å². The highest BCUT2D eigenvalue weighted by Crippen LogP contribution is 2.21. The average Bonchev–Trinajstić information content (AvgIpc) is 2.93. The van der Waals surface area contributed by atoms with Gasteiger partial charge in [0, 0.05) is 24.6 Å². The zero-order valence-corrected chi connectivity index (χ0v) is 14.3. The van der Waals surface area contributed by atoms with Crippen LogP contribution in [0.1, 0.15) is 25.3 Å². The Labute approximate surface area is 141 Å². The number of nitrogens with zero attached hydrogens (tertiary/aromatic N) is 1. The molecule has 2 N–H and O–H groups in total. The molecule has 0 spiro atoms. The van der Waals surface area contributed by atoms with Crippen LogP contribution in [0.5, 0.6) is 0 Å². The number of amides is 2. The van der Waals surface area contributed by atoms with E-state index in [1.165, 1.54) is 0 Å². The monoisotopic (exact) mass is 329 g/mol. The lowest BCUT2D eigenvalue weighted by Crippen LogP contribution is -2.36. The summed E-state index contributed by atoms with van der Waals surface area (Å²) >= 11 is 0. The van der Waals surface area contributed by atoms with E-state index in [-0.39, 0.29) is 24.2 Å². The molecule has 6 nitrogen and oxygen atoms in total. The number of hydrogen-bond donors (Lipinski definition) is 2. The van der Waals surface area contributed by atoms with Crippen LogP contribution in [0.4, 0.5) is 0 Å². The summed E-state index contributed by atoms with van der Waals surface area (Å²) in [7, 11) is 0. The Bertz CT molecular complexity index is 693. The fourth-order valence-corrected chi connectivity index (χ4v) is 2.10. The molecule has 0 saturated carbocycles. The molecule has 0 aliphatic heterocycles. The van der Waals surface area contributed by atoms with E-state index in [2.05, 4.69) is 15.6 Å². The number of aryl methyl sites for hydroxylation is 1. The number of carbonyl (C=O) groups excluding carboxylic acids is 2. The zero-order valence-electron chi connectivity index (χ0n) is 14.3. The van der Waals surface area contributed by atoms with Gasteiger partial charge in [0.15, 0.2) is 0 Å². The van der Waals surface area contributed by atoms with Gasteiger partial charge in [-0.15, -0.1) is 0 Å². The van der Waals surface area contributed by atoms with Gasteiger partial charge in [-0.2, -0.15) is 0 Å². The number of nitrogens with one attached hydrogen (secondary N) is 2. The molecular formula is C18H23N3O3. The summed E-state index contributed by atoms with van der Waals surface area (Å²) in [5.74, 6) is 0.918. The lowest BCUT2D eigenvalue weighted by Gasteiger charge is -2.08. The number of oxazole rings is 1. The first kappa shape index (κ1) is 17.7. The SMILES string of the molecule is Cc1oc(-c2ccccc2)nc1CC(=O)NCCNC(=O)C(C)C. The number of aromatic nitrogens is 1. The second-order valence-electron chi connectivity index (χ2n) is 5.86. The largest absolute Gasteiger partial charge is 0.441 e. The maximum Gasteiger partial charge on any atom is 0.226 e. The molecule has 24 heavy (non-hydrogen) atoms. The molecular weight excluding hydrogens is 306 g/mol. The summed E-state index contributed by atoms with van der Waals surface area (Å²) in [5.41, 5.74) is 1.50.